The second-order valence-corrected chi connectivity index (χ2v) is 19.4. The van der Waals surface area contributed by atoms with Crippen LogP contribution in [0.2, 0.25) is 0 Å². The third-order valence-electron chi connectivity index (χ3n) is 15.4. The standard InChI is InChI=1S/C68H50N2O/c1-5-16-45(17-6-1)47-28-36-54(37-29-47)69(55-38-30-48(31-39-55)46-18-7-2-8-19-46)61-42-34-50-33-41-58-62(43-35-51-32-40-57(61)64(50)65(51)58)70(53-23-11-4-12-24-53)63-27-15-26-59-66-56-25-14-13-22-52(56)44-60(68(66)71-67(59)63)49-20-9-3-10-21-49/h1-2,4-8,11-19,22-44,49H,3,9-10,20-21H2. The first-order chi connectivity index (χ1) is 35.2. The van der Waals surface area contributed by atoms with Crippen molar-refractivity contribution in [3.05, 3.63) is 242 Å². The van der Waals surface area contributed by atoms with Crippen molar-refractivity contribution < 1.29 is 4.42 Å². The van der Waals surface area contributed by atoms with E-state index in [2.05, 4.69) is 246 Å². The minimum Gasteiger partial charge on any atom is -0.454 e. The summed E-state index contributed by atoms with van der Waals surface area (Å²) in [4.78, 5) is 4.87. The molecule has 0 unspecified atom stereocenters. The van der Waals surface area contributed by atoms with Gasteiger partial charge in [0.15, 0.2) is 5.58 Å². The molecule has 1 aromatic heterocycles. The molecule has 1 fully saturated rings. The van der Waals surface area contributed by atoms with Gasteiger partial charge < -0.3 is 14.2 Å². The van der Waals surface area contributed by atoms with Crippen LogP contribution >= 0.6 is 0 Å². The van der Waals surface area contributed by atoms with E-state index in [-0.39, 0.29) is 0 Å². The molecule has 12 aromatic carbocycles. The number of hydrogen-bond acceptors (Lipinski definition) is 3. The molecule has 0 aliphatic heterocycles. The number of hydrogen-bond donors (Lipinski definition) is 0. The Morgan fingerprint density at radius 1 is 0.310 bits per heavy atom. The van der Waals surface area contributed by atoms with Gasteiger partial charge in [0.25, 0.3) is 0 Å². The molecule has 1 heterocycles. The number of nitrogens with zero attached hydrogens (tertiary/aromatic N) is 2. The lowest BCUT2D eigenvalue weighted by Gasteiger charge is -2.29. The average Bonchev–Trinajstić information content (AvgIpc) is 3.85. The number of furan rings is 1. The van der Waals surface area contributed by atoms with Crippen molar-refractivity contribution >= 4 is 99.2 Å². The Kier molecular flexibility index (Phi) is 9.94. The van der Waals surface area contributed by atoms with Crippen LogP contribution in [-0.4, -0.2) is 0 Å². The summed E-state index contributed by atoms with van der Waals surface area (Å²) in [6.07, 6.45) is 6.26. The molecule has 0 amide bonds. The maximum absolute atomic E-state index is 7.37. The maximum atomic E-state index is 7.37. The fourth-order valence-corrected chi connectivity index (χ4v) is 12.0. The first kappa shape index (κ1) is 41.3. The summed E-state index contributed by atoms with van der Waals surface area (Å²) in [5.41, 5.74) is 14.7. The number of benzene rings is 12. The maximum Gasteiger partial charge on any atom is 0.159 e. The highest BCUT2D eigenvalue weighted by Gasteiger charge is 2.27. The zero-order chi connectivity index (χ0) is 46.8. The zero-order valence-electron chi connectivity index (χ0n) is 39.4. The highest BCUT2D eigenvalue weighted by molar-refractivity contribution is 6.29. The molecule has 0 spiro atoms. The first-order valence-corrected chi connectivity index (χ1v) is 25.3. The van der Waals surface area contributed by atoms with Gasteiger partial charge in [-0.3, -0.25) is 0 Å². The van der Waals surface area contributed by atoms with E-state index in [4.69, 9.17) is 4.42 Å². The van der Waals surface area contributed by atoms with Gasteiger partial charge in [-0.05, 0) is 140 Å². The van der Waals surface area contributed by atoms with Gasteiger partial charge in [-0.1, -0.05) is 195 Å². The van der Waals surface area contributed by atoms with Crippen LogP contribution in [0.3, 0.4) is 0 Å². The fourth-order valence-electron chi connectivity index (χ4n) is 12.0. The van der Waals surface area contributed by atoms with E-state index in [1.165, 1.54) is 108 Å². The van der Waals surface area contributed by atoms with E-state index in [0.29, 0.717) is 5.92 Å². The topological polar surface area (TPSA) is 19.6 Å². The molecule has 3 nitrogen and oxygen atoms in total. The van der Waals surface area contributed by atoms with Gasteiger partial charge in [-0.15, -0.1) is 0 Å². The van der Waals surface area contributed by atoms with Crippen LogP contribution in [0.5, 0.6) is 0 Å². The SMILES string of the molecule is c1ccc(-c2ccc(N(c3ccc(-c4ccccc4)cc3)c3ccc4ccc5c(N(c6ccccc6)c6cccc7c6oc6c(C8CCCCC8)cc8ccccc8c67)ccc6ccc3c4c65)cc2)cc1. The molecule has 1 aliphatic rings. The molecule has 0 saturated heterocycles. The van der Waals surface area contributed by atoms with Crippen LogP contribution in [0.15, 0.2) is 241 Å². The summed E-state index contributed by atoms with van der Waals surface area (Å²) in [7, 11) is 0. The van der Waals surface area contributed by atoms with Gasteiger partial charge in [-0.25, -0.2) is 0 Å². The summed E-state index contributed by atoms with van der Waals surface area (Å²) < 4.78 is 7.37. The number of para-hydroxylation sites is 2. The molecule has 1 aliphatic carbocycles. The lowest BCUT2D eigenvalue weighted by Crippen LogP contribution is -2.11. The van der Waals surface area contributed by atoms with Crippen molar-refractivity contribution in [1.29, 1.82) is 0 Å². The van der Waals surface area contributed by atoms with Gasteiger partial charge in [0, 0.05) is 38.6 Å². The van der Waals surface area contributed by atoms with E-state index in [0.717, 1.165) is 50.7 Å². The van der Waals surface area contributed by atoms with Crippen molar-refractivity contribution in [2.24, 2.45) is 0 Å². The van der Waals surface area contributed by atoms with Crippen molar-refractivity contribution in [2.45, 2.75) is 38.0 Å². The Balaban J connectivity index is 0.974. The van der Waals surface area contributed by atoms with Crippen molar-refractivity contribution in [2.75, 3.05) is 9.80 Å². The quantitative estimate of drug-likeness (QED) is 0.135. The summed E-state index contributed by atoms with van der Waals surface area (Å²) in [6, 6.07) is 86.8. The Hall–Kier alpha value is -8.66. The zero-order valence-corrected chi connectivity index (χ0v) is 39.4. The van der Waals surface area contributed by atoms with Crippen LogP contribution in [0.1, 0.15) is 43.6 Å². The van der Waals surface area contributed by atoms with Crippen molar-refractivity contribution in [3.63, 3.8) is 0 Å². The molecule has 0 bridgehead atoms. The molecule has 0 radical (unpaired) electrons. The van der Waals surface area contributed by atoms with Crippen LogP contribution in [-0.2, 0) is 0 Å². The number of rotatable bonds is 9. The summed E-state index contributed by atoms with van der Waals surface area (Å²) in [5, 5.41) is 12.2. The highest BCUT2D eigenvalue weighted by Crippen LogP contribution is 2.51. The Morgan fingerprint density at radius 2 is 0.803 bits per heavy atom. The van der Waals surface area contributed by atoms with Crippen LogP contribution < -0.4 is 9.80 Å². The largest absolute Gasteiger partial charge is 0.454 e. The molecule has 0 atom stereocenters. The van der Waals surface area contributed by atoms with E-state index in [9.17, 15) is 0 Å². The summed E-state index contributed by atoms with van der Waals surface area (Å²) in [6.45, 7) is 0. The van der Waals surface area contributed by atoms with Gasteiger partial charge in [0.05, 0.1) is 17.1 Å². The molecule has 13 aromatic rings. The van der Waals surface area contributed by atoms with Crippen LogP contribution in [0, 0.1) is 0 Å². The van der Waals surface area contributed by atoms with E-state index >= 15 is 0 Å². The smallest absolute Gasteiger partial charge is 0.159 e. The van der Waals surface area contributed by atoms with Crippen molar-refractivity contribution in [3.8, 4) is 22.3 Å². The molecule has 14 rings (SSSR count). The molecular formula is C68H50N2O. The molecule has 71 heavy (non-hydrogen) atoms. The summed E-state index contributed by atoms with van der Waals surface area (Å²) >= 11 is 0. The molecule has 0 N–H and O–H groups in total. The van der Waals surface area contributed by atoms with E-state index in [1.807, 2.05) is 0 Å². The lowest BCUT2D eigenvalue weighted by molar-refractivity contribution is 0.442. The van der Waals surface area contributed by atoms with E-state index in [1.54, 1.807) is 0 Å². The Bertz CT molecular complexity index is 3980. The molecule has 338 valence electrons. The molecular weight excluding hydrogens is 861 g/mol. The minimum absolute atomic E-state index is 0.491. The second-order valence-electron chi connectivity index (χ2n) is 19.4. The Morgan fingerprint density at radius 3 is 1.41 bits per heavy atom. The lowest BCUT2D eigenvalue weighted by atomic mass is 9.82. The summed E-state index contributed by atoms with van der Waals surface area (Å²) in [5.74, 6) is 0.491. The van der Waals surface area contributed by atoms with Gasteiger partial charge in [0.2, 0.25) is 0 Å². The molecule has 1 saturated carbocycles. The molecule has 3 heteroatoms. The second kappa shape index (κ2) is 17.1. The fraction of sp³-hybridized carbons (Fsp3) is 0.0882. The third kappa shape index (κ3) is 6.95. The van der Waals surface area contributed by atoms with Gasteiger partial charge >= 0.3 is 0 Å². The van der Waals surface area contributed by atoms with Crippen LogP contribution in [0.25, 0.3) is 87.3 Å². The highest BCUT2D eigenvalue weighted by atomic mass is 16.3. The van der Waals surface area contributed by atoms with Gasteiger partial charge in [0.1, 0.15) is 5.58 Å². The first-order valence-electron chi connectivity index (χ1n) is 25.3. The van der Waals surface area contributed by atoms with Gasteiger partial charge in [-0.2, -0.15) is 0 Å². The number of anilines is 6. The Labute approximate surface area is 413 Å². The number of fused-ring (bicyclic) bond motifs is 5. The van der Waals surface area contributed by atoms with E-state index < -0.39 is 0 Å². The van der Waals surface area contributed by atoms with Crippen LogP contribution in [0.4, 0.5) is 34.1 Å². The monoisotopic (exact) mass is 910 g/mol. The normalized spacial score (nSPS) is 13.3. The predicted octanol–water partition coefficient (Wildman–Crippen LogP) is 20.0. The van der Waals surface area contributed by atoms with Crippen molar-refractivity contribution in [1.82, 2.24) is 0 Å². The average molecular weight is 911 g/mol. The predicted molar refractivity (Wildman–Crippen MR) is 301 cm³/mol. The third-order valence-corrected chi connectivity index (χ3v) is 15.4. The minimum atomic E-state index is 0.491.